The van der Waals surface area contributed by atoms with Crippen molar-refractivity contribution in [3.8, 4) is 6.07 Å². The van der Waals surface area contributed by atoms with E-state index in [0.29, 0.717) is 6.42 Å². The lowest BCUT2D eigenvalue weighted by molar-refractivity contribution is 0.711. The molecule has 0 aromatic heterocycles. The first-order chi connectivity index (χ1) is 7.58. The molecule has 0 saturated heterocycles. The number of benzene rings is 1. The number of hydrogen-bond donors (Lipinski definition) is 1. The van der Waals surface area contributed by atoms with Gasteiger partial charge in [-0.15, -0.1) is 0 Å². The lowest BCUT2D eigenvalue weighted by atomic mass is 10.1. The third kappa shape index (κ3) is 3.24. The fourth-order valence-corrected chi connectivity index (χ4v) is 1.90. The molecule has 1 N–H and O–H groups in total. The van der Waals surface area contributed by atoms with E-state index in [1.807, 2.05) is 0 Å². The molecule has 0 saturated carbocycles. The van der Waals surface area contributed by atoms with Gasteiger partial charge in [0.25, 0.3) is 0 Å². The average molecular weight is 281 g/mol. The van der Waals surface area contributed by atoms with Crippen LogP contribution in [0, 0.1) is 25.2 Å². The molecule has 0 radical (unpaired) electrons. The Hall–Kier alpha value is -1.01. The van der Waals surface area contributed by atoms with Crippen molar-refractivity contribution in [2.75, 3.05) is 5.32 Å². The van der Waals surface area contributed by atoms with Gasteiger partial charge in [0, 0.05) is 16.2 Å². The standard InChI is InChI=1S/C13H17BrN2/c1-4-11(5-6-15)16-12-7-9(2)13(14)10(3)8-12/h7-8,11,16H,4-5H2,1-3H3. The molecule has 1 unspecified atom stereocenters. The lowest BCUT2D eigenvalue weighted by Crippen LogP contribution is -2.17. The molecule has 0 fully saturated rings. The maximum atomic E-state index is 8.70. The Morgan fingerprint density at radius 1 is 1.38 bits per heavy atom. The monoisotopic (exact) mass is 280 g/mol. The molecule has 0 aliphatic heterocycles. The minimum absolute atomic E-state index is 0.241. The van der Waals surface area contributed by atoms with Crippen LogP contribution in [0.15, 0.2) is 16.6 Å². The number of hydrogen-bond acceptors (Lipinski definition) is 2. The van der Waals surface area contributed by atoms with Crippen LogP contribution in [0.2, 0.25) is 0 Å². The van der Waals surface area contributed by atoms with E-state index in [1.165, 1.54) is 11.1 Å². The molecule has 3 heteroatoms. The quantitative estimate of drug-likeness (QED) is 0.899. The van der Waals surface area contributed by atoms with Gasteiger partial charge in [0.15, 0.2) is 0 Å². The number of anilines is 1. The largest absolute Gasteiger partial charge is 0.381 e. The normalized spacial score (nSPS) is 11.9. The highest BCUT2D eigenvalue weighted by Crippen LogP contribution is 2.25. The predicted octanol–water partition coefficient (Wildman–Crippen LogP) is 4.17. The number of halogens is 1. The minimum atomic E-state index is 0.241. The topological polar surface area (TPSA) is 35.8 Å². The molecule has 1 aromatic rings. The number of nitrogens with zero attached hydrogens (tertiary/aromatic N) is 1. The summed E-state index contributed by atoms with van der Waals surface area (Å²) in [4.78, 5) is 0. The van der Waals surface area contributed by atoms with Gasteiger partial charge in [-0.1, -0.05) is 22.9 Å². The first-order valence-corrected chi connectivity index (χ1v) is 6.28. The van der Waals surface area contributed by atoms with Crippen LogP contribution in [0.25, 0.3) is 0 Å². The van der Waals surface area contributed by atoms with Crippen molar-refractivity contribution >= 4 is 21.6 Å². The molecule has 0 heterocycles. The van der Waals surface area contributed by atoms with Crippen molar-refractivity contribution in [1.82, 2.24) is 0 Å². The molecule has 1 aromatic carbocycles. The SMILES string of the molecule is CCC(CC#N)Nc1cc(C)c(Br)c(C)c1. The Morgan fingerprint density at radius 2 is 1.94 bits per heavy atom. The predicted molar refractivity (Wildman–Crippen MR) is 71.5 cm³/mol. The van der Waals surface area contributed by atoms with Crippen LogP contribution in [0.1, 0.15) is 30.9 Å². The van der Waals surface area contributed by atoms with Crippen LogP contribution in [-0.2, 0) is 0 Å². The van der Waals surface area contributed by atoms with Crippen molar-refractivity contribution in [1.29, 1.82) is 5.26 Å². The van der Waals surface area contributed by atoms with Crippen LogP contribution in [0.4, 0.5) is 5.69 Å². The van der Waals surface area contributed by atoms with Gasteiger partial charge in [-0.2, -0.15) is 5.26 Å². The molecule has 0 aliphatic carbocycles. The Kier molecular flexibility index (Phi) is 4.82. The van der Waals surface area contributed by atoms with Gasteiger partial charge in [-0.25, -0.2) is 0 Å². The van der Waals surface area contributed by atoms with E-state index in [-0.39, 0.29) is 6.04 Å². The fourth-order valence-electron chi connectivity index (χ4n) is 1.67. The highest BCUT2D eigenvalue weighted by molar-refractivity contribution is 9.10. The first kappa shape index (κ1) is 13.1. The fraction of sp³-hybridized carbons (Fsp3) is 0.462. The lowest BCUT2D eigenvalue weighted by Gasteiger charge is -2.17. The third-order valence-electron chi connectivity index (χ3n) is 2.64. The Labute approximate surface area is 106 Å². The Morgan fingerprint density at radius 3 is 2.38 bits per heavy atom. The van der Waals surface area contributed by atoms with Gasteiger partial charge in [0.05, 0.1) is 12.5 Å². The minimum Gasteiger partial charge on any atom is -0.381 e. The van der Waals surface area contributed by atoms with Crippen LogP contribution >= 0.6 is 15.9 Å². The molecule has 0 spiro atoms. The molecule has 86 valence electrons. The summed E-state index contributed by atoms with van der Waals surface area (Å²) in [6.07, 6.45) is 1.51. The highest BCUT2D eigenvalue weighted by Gasteiger charge is 2.07. The van der Waals surface area contributed by atoms with Crippen molar-refractivity contribution < 1.29 is 0 Å². The molecule has 16 heavy (non-hydrogen) atoms. The zero-order valence-corrected chi connectivity index (χ0v) is 11.6. The second kappa shape index (κ2) is 5.91. The van der Waals surface area contributed by atoms with Crippen LogP contribution in [-0.4, -0.2) is 6.04 Å². The van der Waals surface area contributed by atoms with E-state index < -0.39 is 0 Å². The number of rotatable bonds is 4. The molecular formula is C13H17BrN2. The first-order valence-electron chi connectivity index (χ1n) is 5.48. The zero-order valence-electron chi connectivity index (χ0n) is 9.97. The average Bonchev–Trinajstić information content (AvgIpc) is 2.25. The zero-order chi connectivity index (χ0) is 12.1. The van der Waals surface area contributed by atoms with Crippen molar-refractivity contribution in [2.24, 2.45) is 0 Å². The van der Waals surface area contributed by atoms with Crippen LogP contribution < -0.4 is 5.32 Å². The van der Waals surface area contributed by atoms with Crippen molar-refractivity contribution in [3.05, 3.63) is 27.7 Å². The van der Waals surface area contributed by atoms with E-state index in [4.69, 9.17) is 5.26 Å². The molecule has 2 nitrogen and oxygen atoms in total. The smallest absolute Gasteiger partial charge is 0.0643 e. The van der Waals surface area contributed by atoms with Gasteiger partial charge < -0.3 is 5.32 Å². The summed E-state index contributed by atoms with van der Waals surface area (Å²) in [7, 11) is 0. The van der Waals surface area contributed by atoms with E-state index >= 15 is 0 Å². The van der Waals surface area contributed by atoms with Crippen molar-refractivity contribution in [2.45, 2.75) is 39.7 Å². The summed E-state index contributed by atoms with van der Waals surface area (Å²) < 4.78 is 1.16. The Bertz CT molecular complexity index is 384. The molecule has 0 aliphatic rings. The number of aryl methyl sites for hydroxylation is 2. The third-order valence-corrected chi connectivity index (χ3v) is 3.89. The van der Waals surface area contributed by atoms with Gasteiger partial charge in [0.2, 0.25) is 0 Å². The summed E-state index contributed by atoms with van der Waals surface area (Å²) in [5, 5.41) is 12.1. The number of nitrogens with one attached hydrogen (secondary N) is 1. The Balaban J connectivity index is 2.85. The van der Waals surface area contributed by atoms with E-state index in [0.717, 1.165) is 16.6 Å². The molecule has 0 amide bonds. The summed E-state index contributed by atoms with van der Waals surface area (Å²) in [5.41, 5.74) is 3.53. The van der Waals surface area contributed by atoms with Gasteiger partial charge >= 0.3 is 0 Å². The second-order valence-electron chi connectivity index (χ2n) is 4.04. The van der Waals surface area contributed by atoms with Crippen molar-refractivity contribution in [3.63, 3.8) is 0 Å². The number of nitriles is 1. The molecule has 1 rings (SSSR count). The maximum Gasteiger partial charge on any atom is 0.0643 e. The summed E-state index contributed by atoms with van der Waals surface area (Å²) >= 11 is 3.55. The maximum absolute atomic E-state index is 8.70. The van der Waals surface area contributed by atoms with Gasteiger partial charge in [0.1, 0.15) is 0 Å². The summed E-state index contributed by atoms with van der Waals surface area (Å²) in [6.45, 7) is 6.24. The molecule has 0 bridgehead atoms. The van der Waals surface area contributed by atoms with E-state index in [2.05, 4.69) is 60.2 Å². The van der Waals surface area contributed by atoms with E-state index in [9.17, 15) is 0 Å². The van der Waals surface area contributed by atoms with Gasteiger partial charge in [-0.3, -0.25) is 0 Å². The van der Waals surface area contributed by atoms with Crippen LogP contribution in [0.3, 0.4) is 0 Å². The second-order valence-corrected chi connectivity index (χ2v) is 4.83. The summed E-state index contributed by atoms with van der Waals surface area (Å²) in [5.74, 6) is 0. The molecular weight excluding hydrogens is 264 g/mol. The summed E-state index contributed by atoms with van der Waals surface area (Å²) in [6, 6.07) is 6.67. The van der Waals surface area contributed by atoms with E-state index in [1.54, 1.807) is 0 Å². The molecule has 1 atom stereocenters. The highest BCUT2D eigenvalue weighted by atomic mass is 79.9. The van der Waals surface area contributed by atoms with Gasteiger partial charge in [-0.05, 0) is 43.5 Å². The van der Waals surface area contributed by atoms with Crippen LogP contribution in [0.5, 0.6) is 0 Å².